The van der Waals surface area contributed by atoms with Gasteiger partial charge >= 0.3 is 0 Å². The van der Waals surface area contributed by atoms with Crippen molar-refractivity contribution in [2.24, 2.45) is 0 Å². The Bertz CT molecular complexity index is 74.5. The Morgan fingerprint density at radius 3 is 2.55 bits per heavy atom. The van der Waals surface area contributed by atoms with E-state index >= 15 is 0 Å². The van der Waals surface area contributed by atoms with Gasteiger partial charge in [-0.05, 0) is 19.8 Å². The first-order valence-electron chi connectivity index (χ1n) is 4.57. The fourth-order valence-corrected chi connectivity index (χ4v) is 2.37. The highest BCUT2D eigenvalue weighted by Gasteiger charge is 2.05. The predicted molar refractivity (Wildman–Crippen MR) is 57.3 cm³/mol. The van der Waals surface area contributed by atoms with Gasteiger partial charge in [-0.2, -0.15) is 0 Å². The van der Waals surface area contributed by atoms with Crippen molar-refractivity contribution in [1.29, 1.82) is 0 Å². The second-order valence-corrected chi connectivity index (χ2v) is 5.23. The molecule has 0 radical (unpaired) electrons. The van der Waals surface area contributed by atoms with E-state index in [0.717, 1.165) is 6.61 Å². The predicted octanol–water partition coefficient (Wildman–Crippen LogP) is 2.01. The zero-order chi connectivity index (χ0) is 8.53. The van der Waals surface area contributed by atoms with Crippen LogP contribution in [0.5, 0.6) is 0 Å². The van der Waals surface area contributed by atoms with Crippen LogP contribution in [-0.4, -0.2) is 21.4 Å². The van der Waals surface area contributed by atoms with Crippen molar-refractivity contribution in [3.8, 4) is 0 Å². The van der Waals surface area contributed by atoms with Gasteiger partial charge in [0.1, 0.15) is 0 Å². The molecule has 0 aliphatic carbocycles. The normalized spacial score (nSPS) is 14.5. The molecule has 1 unspecified atom stereocenters. The Labute approximate surface area is 77.8 Å². The van der Waals surface area contributed by atoms with Gasteiger partial charge in [-0.25, -0.2) is 12.1 Å². The van der Waals surface area contributed by atoms with Gasteiger partial charge in [0.15, 0.2) is 0 Å². The summed E-state index contributed by atoms with van der Waals surface area (Å²) in [6.45, 7) is 5.14. The van der Waals surface area contributed by atoms with Crippen LogP contribution in [0.4, 0.5) is 0 Å². The molecule has 0 aromatic carbocycles. The average Bonchev–Trinajstić information content (AvgIpc) is 2.01. The summed E-state index contributed by atoms with van der Waals surface area (Å²) in [6, 6.07) is 1.31. The van der Waals surface area contributed by atoms with Crippen LogP contribution >= 0.6 is 12.1 Å². The smallest absolute Gasteiger partial charge is 0.0814 e. The second kappa shape index (κ2) is 8.62. The van der Waals surface area contributed by atoms with Crippen molar-refractivity contribution in [1.82, 2.24) is 0 Å². The van der Waals surface area contributed by atoms with Crippen molar-refractivity contribution in [2.75, 3.05) is 6.61 Å². The zero-order valence-corrected chi connectivity index (χ0v) is 9.98. The van der Waals surface area contributed by atoms with Crippen molar-refractivity contribution in [2.45, 2.75) is 45.3 Å². The molecule has 0 bridgehead atoms. The van der Waals surface area contributed by atoms with Crippen LogP contribution in [0.2, 0.25) is 6.04 Å². The molecule has 0 aliphatic heterocycles. The van der Waals surface area contributed by atoms with Gasteiger partial charge in [-0.3, -0.25) is 0 Å². The Morgan fingerprint density at radius 1 is 1.36 bits per heavy atom. The van der Waals surface area contributed by atoms with E-state index in [1.54, 1.807) is 0 Å². The molecule has 1 atom stereocenters. The minimum absolute atomic E-state index is 0.0483. The van der Waals surface area contributed by atoms with E-state index in [-0.39, 0.29) is 8.67 Å². The Balaban J connectivity index is 3.34. The van der Waals surface area contributed by atoms with Crippen LogP contribution in [-0.2, 0) is 4.74 Å². The van der Waals surface area contributed by atoms with Crippen LogP contribution in [0.3, 0.4) is 0 Å². The summed E-state index contributed by atoms with van der Waals surface area (Å²) in [6.07, 6.45) is 4.20. The van der Waals surface area contributed by atoms with Crippen LogP contribution in [0, 0.1) is 0 Å². The fourth-order valence-electron chi connectivity index (χ4n) is 1.19. The van der Waals surface area contributed by atoms with Gasteiger partial charge in [0.05, 0.1) is 14.8 Å². The summed E-state index contributed by atoms with van der Waals surface area (Å²) in [5, 5.41) is 0. The first-order chi connectivity index (χ1) is 5.35. The largest absolute Gasteiger partial charge is 0.379 e. The van der Waals surface area contributed by atoms with Crippen molar-refractivity contribution in [3.05, 3.63) is 0 Å². The maximum atomic E-state index is 5.57. The third-order valence-corrected chi connectivity index (χ3v) is 3.37. The minimum Gasteiger partial charge on any atom is -0.379 e. The van der Waals surface area contributed by atoms with Gasteiger partial charge in [-0.15, -0.1) is 0 Å². The molecule has 0 aromatic rings. The Morgan fingerprint density at radius 2 is 2.09 bits per heavy atom. The molecule has 0 saturated carbocycles. The number of hydrogen-bond acceptors (Lipinski definition) is 2. The molecule has 0 rings (SSSR count). The summed E-state index contributed by atoms with van der Waals surface area (Å²) in [7, 11) is -0.0483. The Kier molecular flexibility index (Phi) is 9.03. The van der Waals surface area contributed by atoms with E-state index in [1.807, 2.05) is 0 Å². The molecule has 3 heteroatoms. The van der Waals surface area contributed by atoms with Crippen LogP contribution < -0.4 is 0 Å². The first kappa shape index (κ1) is 11.5. The summed E-state index contributed by atoms with van der Waals surface area (Å²) < 4.78 is 5.57. The summed E-state index contributed by atoms with van der Waals surface area (Å²) >= 11 is 4.31. The zero-order valence-electron chi connectivity index (χ0n) is 7.68. The van der Waals surface area contributed by atoms with E-state index in [2.05, 4.69) is 25.9 Å². The molecule has 0 fully saturated rings. The lowest BCUT2D eigenvalue weighted by Crippen LogP contribution is -2.12. The van der Waals surface area contributed by atoms with Gasteiger partial charge in [0.2, 0.25) is 0 Å². The van der Waals surface area contributed by atoms with Crippen molar-refractivity contribution in [3.63, 3.8) is 0 Å². The van der Waals surface area contributed by atoms with Crippen LogP contribution in [0.25, 0.3) is 0 Å². The van der Waals surface area contributed by atoms with E-state index in [1.165, 1.54) is 25.3 Å². The molecule has 68 valence electrons. The molecule has 0 N–H and O–H groups in total. The molecule has 0 saturated heterocycles. The lowest BCUT2D eigenvalue weighted by Gasteiger charge is -2.14. The van der Waals surface area contributed by atoms with Crippen molar-refractivity contribution < 1.29 is 4.74 Å². The molecular weight excluding hydrogens is 172 g/mol. The van der Waals surface area contributed by atoms with Crippen molar-refractivity contribution >= 4 is 20.7 Å². The van der Waals surface area contributed by atoms with Gasteiger partial charge in [0, 0.05) is 6.61 Å². The maximum Gasteiger partial charge on any atom is 0.0814 e. The molecule has 0 spiro atoms. The SMILES string of the molecule is CCCC(CC[SiH2]S)OCC. The number of hydrogen-bond donors (Lipinski definition) is 1. The van der Waals surface area contributed by atoms with E-state index in [4.69, 9.17) is 4.74 Å². The molecule has 0 amide bonds. The van der Waals surface area contributed by atoms with Gasteiger partial charge in [0.25, 0.3) is 0 Å². The summed E-state index contributed by atoms with van der Waals surface area (Å²) in [5.74, 6) is 0. The molecule has 11 heavy (non-hydrogen) atoms. The highest BCUT2D eigenvalue weighted by Crippen LogP contribution is 2.09. The average molecular weight is 192 g/mol. The molecule has 1 nitrogen and oxygen atoms in total. The quantitative estimate of drug-likeness (QED) is 0.479. The summed E-state index contributed by atoms with van der Waals surface area (Å²) in [4.78, 5) is 0. The number of ether oxygens (including phenoxy) is 1. The topological polar surface area (TPSA) is 9.23 Å². The monoisotopic (exact) mass is 192 g/mol. The third kappa shape index (κ3) is 6.91. The third-order valence-electron chi connectivity index (χ3n) is 1.70. The number of rotatable bonds is 7. The summed E-state index contributed by atoms with van der Waals surface area (Å²) in [5.41, 5.74) is 0. The Hall–Kier alpha value is 0.527. The number of thiol groups is 1. The lowest BCUT2D eigenvalue weighted by molar-refractivity contribution is 0.0539. The van der Waals surface area contributed by atoms with E-state index in [0.29, 0.717) is 6.10 Å². The first-order valence-corrected chi connectivity index (χ1v) is 8.10. The maximum absolute atomic E-state index is 5.57. The second-order valence-electron chi connectivity index (χ2n) is 2.73. The highest BCUT2D eigenvalue weighted by molar-refractivity contribution is 8.06. The molecule has 0 aromatic heterocycles. The molecule has 0 heterocycles. The fraction of sp³-hybridized carbons (Fsp3) is 1.00. The minimum atomic E-state index is -0.0483. The molecule has 0 aliphatic rings. The van der Waals surface area contributed by atoms with Gasteiger partial charge < -0.3 is 4.74 Å². The molecular formula is C8H20OSSi. The van der Waals surface area contributed by atoms with Crippen LogP contribution in [0.1, 0.15) is 33.1 Å². The van der Waals surface area contributed by atoms with Crippen LogP contribution in [0.15, 0.2) is 0 Å². The lowest BCUT2D eigenvalue weighted by atomic mass is 10.1. The standard InChI is InChI=1S/C8H20OSSi/c1-3-5-8(9-4-2)6-7-11-10/h8,10H,3-7,11H2,1-2H3. The highest BCUT2D eigenvalue weighted by atomic mass is 32.3. The van der Waals surface area contributed by atoms with Gasteiger partial charge in [-0.1, -0.05) is 19.4 Å². The van der Waals surface area contributed by atoms with E-state index < -0.39 is 0 Å². The van der Waals surface area contributed by atoms with E-state index in [9.17, 15) is 0 Å².